The molecule has 1 aliphatic rings. The molecule has 0 saturated carbocycles. The molecule has 0 atom stereocenters. The molecule has 0 aliphatic carbocycles. The Morgan fingerprint density at radius 3 is 2.58 bits per heavy atom. The van der Waals surface area contributed by atoms with Crippen LogP contribution in [0.4, 0.5) is 23.8 Å². The van der Waals surface area contributed by atoms with Gasteiger partial charge in [-0.25, -0.2) is 9.78 Å². The Kier molecular flexibility index (Phi) is 5.63. The quantitative estimate of drug-likeness (QED) is 0.885. The molecular weight excluding hydrogens is 325 g/mol. The van der Waals surface area contributed by atoms with E-state index < -0.39 is 17.8 Å². The van der Waals surface area contributed by atoms with Crippen molar-refractivity contribution in [1.29, 1.82) is 0 Å². The number of carbonyl (C=O) groups is 2. The van der Waals surface area contributed by atoms with Crippen molar-refractivity contribution in [2.75, 3.05) is 25.0 Å². The molecule has 0 spiro atoms. The highest BCUT2D eigenvalue weighted by atomic mass is 19.4. The molecule has 0 aromatic carbocycles. The number of aromatic nitrogens is 1. The van der Waals surface area contributed by atoms with Gasteiger partial charge in [-0.15, -0.1) is 0 Å². The van der Waals surface area contributed by atoms with Crippen LogP contribution >= 0.6 is 0 Å². The normalized spacial score (nSPS) is 15.9. The summed E-state index contributed by atoms with van der Waals surface area (Å²) in [5.41, 5.74) is -0.871. The number of carbonyl (C=O) groups excluding carboxylic acids is 2. The Bertz CT molecular complexity index is 599. The van der Waals surface area contributed by atoms with E-state index in [2.05, 4.69) is 15.6 Å². The molecule has 0 radical (unpaired) electrons. The van der Waals surface area contributed by atoms with Crippen LogP contribution in [-0.4, -0.2) is 41.5 Å². The zero-order valence-corrected chi connectivity index (χ0v) is 13.2. The lowest BCUT2D eigenvalue weighted by Crippen LogP contribution is -2.41. The molecule has 2 heterocycles. The van der Waals surface area contributed by atoms with Crippen LogP contribution in [0, 0.1) is 5.92 Å². The topological polar surface area (TPSA) is 74.3 Å². The van der Waals surface area contributed by atoms with Crippen LogP contribution in [0.15, 0.2) is 18.3 Å². The number of rotatable bonds is 3. The first-order valence-corrected chi connectivity index (χ1v) is 7.59. The smallest absolute Gasteiger partial charge is 0.343 e. The summed E-state index contributed by atoms with van der Waals surface area (Å²) in [5.74, 6) is 0.115. The maximum absolute atomic E-state index is 12.6. The van der Waals surface area contributed by atoms with Crippen molar-refractivity contribution < 1.29 is 22.8 Å². The number of nitrogens with one attached hydrogen (secondary N) is 2. The van der Waals surface area contributed by atoms with E-state index in [4.69, 9.17) is 0 Å². The third-order valence-electron chi connectivity index (χ3n) is 3.94. The second-order valence-electron chi connectivity index (χ2n) is 5.71. The van der Waals surface area contributed by atoms with E-state index in [1.54, 1.807) is 4.90 Å². The van der Waals surface area contributed by atoms with Gasteiger partial charge in [-0.05, 0) is 30.9 Å². The van der Waals surface area contributed by atoms with Gasteiger partial charge in [0, 0.05) is 32.8 Å². The molecule has 2 N–H and O–H groups in total. The Labute approximate surface area is 137 Å². The van der Waals surface area contributed by atoms with Crippen molar-refractivity contribution in [1.82, 2.24) is 15.2 Å². The highest BCUT2D eigenvalue weighted by molar-refractivity contribution is 5.88. The summed E-state index contributed by atoms with van der Waals surface area (Å²) < 4.78 is 37.8. The molecule has 9 heteroatoms. The van der Waals surface area contributed by atoms with E-state index in [1.807, 2.05) is 0 Å². The molecule has 0 bridgehead atoms. The predicted octanol–water partition coefficient (Wildman–Crippen LogP) is 2.48. The lowest BCUT2D eigenvalue weighted by atomic mass is 9.97. The second-order valence-corrected chi connectivity index (χ2v) is 5.71. The minimum absolute atomic E-state index is 0.0368. The number of likely N-dealkylation sites (tertiary alicyclic amines) is 1. The first-order valence-electron chi connectivity index (χ1n) is 7.59. The van der Waals surface area contributed by atoms with Gasteiger partial charge in [0.2, 0.25) is 5.91 Å². The van der Waals surface area contributed by atoms with Crippen LogP contribution in [0.25, 0.3) is 0 Å². The summed E-state index contributed by atoms with van der Waals surface area (Å²) in [6.45, 7) is 3.22. The average molecular weight is 344 g/mol. The lowest BCUT2D eigenvalue weighted by Gasteiger charge is -2.31. The van der Waals surface area contributed by atoms with Crippen molar-refractivity contribution >= 4 is 17.8 Å². The number of pyridine rings is 1. The molecule has 3 amide bonds. The maximum Gasteiger partial charge on any atom is 0.416 e. The summed E-state index contributed by atoms with van der Waals surface area (Å²) in [6.07, 6.45) is -1.93. The van der Waals surface area contributed by atoms with Gasteiger partial charge in [-0.3, -0.25) is 10.1 Å². The van der Waals surface area contributed by atoms with Gasteiger partial charge in [-0.2, -0.15) is 13.2 Å². The zero-order valence-electron chi connectivity index (χ0n) is 13.2. The number of piperidine rings is 1. The average Bonchev–Trinajstić information content (AvgIpc) is 2.53. The molecule has 132 valence electrons. The fourth-order valence-electron chi connectivity index (χ4n) is 2.52. The minimum atomic E-state index is -4.49. The van der Waals surface area contributed by atoms with E-state index in [1.165, 1.54) is 6.92 Å². The molecule has 2 rings (SSSR count). The maximum atomic E-state index is 12.6. The highest BCUT2D eigenvalue weighted by Gasteiger charge is 2.30. The van der Waals surface area contributed by atoms with Crippen molar-refractivity contribution in [2.24, 2.45) is 5.92 Å². The molecule has 6 nitrogen and oxygen atoms in total. The standard InChI is InChI=1S/C15H19F3N4O2/c1-10(23)22-6-3-11(4-7-22)9-20-14(24)21-13-8-12(2-5-19-13)15(16,17)18/h2,5,8,11H,3-4,6-7,9H2,1H3,(H2,19,20,21,24). The van der Waals surface area contributed by atoms with Crippen LogP contribution in [0.1, 0.15) is 25.3 Å². The fourth-order valence-corrected chi connectivity index (χ4v) is 2.52. The first kappa shape index (κ1) is 18.0. The van der Waals surface area contributed by atoms with Crippen molar-refractivity contribution in [3.05, 3.63) is 23.9 Å². The van der Waals surface area contributed by atoms with Gasteiger partial charge in [0.25, 0.3) is 0 Å². The molecule has 1 aliphatic heterocycles. The molecule has 0 unspecified atom stereocenters. The summed E-state index contributed by atoms with van der Waals surface area (Å²) in [7, 11) is 0. The van der Waals surface area contributed by atoms with Crippen molar-refractivity contribution in [2.45, 2.75) is 25.9 Å². The minimum Gasteiger partial charge on any atom is -0.343 e. The molecule has 1 aromatic rings. The number of halogens is 3. The third kappa shape index (κ3) is 5.10. The van der Waals surface area contributed by atoms with Gasteiger partial charge in [0.1, 0.15) is 5.82 Å². The predicted molar refractivity (Wildman–Crippen MR) is 81.2 cm³/mol. The Balaban J connectivity index is 1.79. The highest BCUT2D eigenvalue weighted by Crippen LogP contribution is 2.29. The zero-order chi connectivity index (χ0) is 17.7. The first-order chi connectivity index (χ1) is 11.3. The largest absolute Gasteiger partial charge is 0.416 e. The van der Waals surface area contributed by atoms with Crippen LogP contribution in [0.5, 0.6) is 0 Å². The monoisotopic (exact) mass is 344 g/mol. The van der Waals surface area contributed by atoms with Crippen molar-refractivity contribution in [3.63, 3.8) is 0 Å². The van der Waals surface area contributed by atoms with E-state index in [0.29, 0.717) is 19.6 Å². The summed E-state index contributed by atoms with van der Waals surface area (Å²) in [5, 5.41) is 4.92. The summed E-state index contributed by atoms with van der Waals surface area (Å²) in [4.78, 5) is 28.5. The Morgan fingerprint density at radius 2 is 2.00 bits per heavy atom. The van der Waals surface area contributed by atoms with E-state index in [-0.39, 0.29) is 17.6 Å². The molecule has 1 fully saturated rings. The van der Waals surface area contributed by atoms with Gasteiger partial charge in [-0.1, -0.05) is 0 Å². The number of nitrogens with zero attached hydrogens (tertiary/aromatic N) is 2. The van der Waals surface area contributed by atoms with Crippen LogP contribution in [0.2, 0.25) is 0 Å². The SMILES string of the molecule is CC(=O)N1CCC(CNC(=O)Nc2cc(C(F)(F)F)ccn2)CC1. The summed E-state index contributed by atoms with van der Waals surface area (Å²) >= 11 is 0. The third-order valence-corrected chi connectivity index (χ3v) is 3.94. The molecular formula is C15H19F3N4O2. The van der Waals surface area contributed by atoms with Gasteiger partial charge >= 0.3 is 12.2 Å². The lowest BCUT2D eigenvalue weighted by molar-refractivity contribution is -0.137. The number of hydrogen-bond donors (Lipinski definition) is 2. The number of anilines is 1. The van der Waals surface area contributed by atoms with E-state index in [9.17, 15) is 22.8 Å². The second kappa shape index (κ2) is 7.50. The molecule has 1 saturated heterocycles. The molecule has 1 aromatic heterocycles. The van der Waals surface area contributed by atoms with Gasteiger partial charge in [0.15, 0.2) is 0 Å². The summed E-state index contributed by atoms with van der Waals surface area (Å²) in [6, 6.07) is 1.02. The Morgan fingerprint density at radius 1 is 1.33 bits per heavy atom. The number of urea groups is 1. The van der Waals surface area contributed by atoms with Crippen molar-refractivity contribution in [3.8, 4) is 0 Å². The molecule has 24 heavy (non-hydrogen) atoms. The van der Waals surface area contributed by atoms with Gasteiger partial charge in [0.05, 0.1) is 5.56 Å². The van der Waals surface area contributed by atoms with Crippen LogP contribution < -0.4 is 10.6 Å². The van der Waals surface area contributed by atoms with Crippen LogP contribution in [-0.2, 0) is 11.0 Å². The van der Waals surface area contributed by atoms with E-state index >= 15 is 0 Å². The van der Waals surface area contributed by atoms with E-state index in [0.717, 1.165) is 31.2 Å². The Hall–Kier alpha value is -2.32. The van der Waals surface area contributed by atoms with Gasteiger partial charge < -0.3 is 10.2 Å². The number of alkyl halides is 3. The fraction of sp³-hybridized carbons (Fsp3) is 0.533. The number of hydrogen-bond acceptors (Lipinski definition) is 3. The number of amides is 3. The van der Waals surface area contributed by atoms with Crippen LogP contribution in [0.3, 0.4) is 0 Å².